The number of aromatic amines is 1. The molecule has 5 rings (SSSR count). The smallest absolute Gasteiger partial charge is 0.403 e. The average Bonchev–Trinajstić information content (AvgIpc) is 3.29. The molecule has 0 saturated carbocycles. The number of likely N-dealkylation sites (tertiary alicyclic amines) is 1. The Balaban J connectivity index is 1.27. The Bertz CT molecular complexity index is 1220. The second kappa shape index (κ2) is 9.44. The molecule has 35 heavy (non-hydrogen) atoms. The summed E-state index contributed by atoms with van der Waals surface area (Å²) in [6.45, 7) is 2.31. The van der Waals surface area contributed by atoms with Gasteiger partial charge in [-0.25, -0.2) is 14.4 Å². The monoisotopic (exact) mass is 492 g/mol. The Labute approximate surface area is 198 Å². The Hall–Kier alpha value is -3.21. The molecule has 0 radical (unpaired) electrons. The maximum Gasteiger partial charge on any atom is 0.573 e. The number of rotatable bonds is 4. The predicted molar refractivity (Wildman–Crippen MR) is 118 cm³/mol. The number of imidazole rings is 1. The molecule has 3 aromatic rings. The van der Waals surface area contributed by atoms with Crippen LogP contribution in [0.15, 0.2) is 30.5 Å². The number of hydrogen-bond acceptors (Lipinski definition) is 5. The van der Waals surface area contributed by atoms with Crippen LogP contribution in [0.1, 0.15) is 59.3 Å². The van der Waals surface area contributed by atoms with Crippen LogP contribution in [0.25, 0.3) is 11.2 Å². The van der Waals surface area contributed by atoms with E-state index in [0.717, 1.165) is 66.8 Å². The highest BCUT2D eigenvalue weighted by atomic mass is 19.4. The quantitative estimate of drug-likeness (QED) is 0.524. The number of aromatic nitrogens is 3. The zero-order chi connectivity index (χ0) is 24.6. The summed E-state index contributed by atoms with van der Waals surface area (Å²) in [7, 11) is 0. The highest BCUT2D eigenvalue weighted by molar-refractivity contribution is 5.94. The van der Waals surface area contributed by atoms with Crippen LogP contribution in [0, 0.1) is 5.82 Å². The highest BCUT2D eigenvalue weighted by Crippen LogP contribution is 2.34. The number of pyridine rings is 1. The molecule has 0 unspecified atom stereocenters. The minimum absolute atomic E-state index is 0.0184. The highest BCUT2D eigenvalue weighted by Gasteiger charge is 2.33. The SMILES string of the molecule is O=C(c1ccc(OC(F)(F)F)c(F)c1)N1CCC(c2ccnc3[nH]c(C4CCOCC4)nc23)CC1. The van der Waals surface area contributed by atoms with E-state index in [1.165, 1.54) is 0 Å². The first kappa shape index (κ1) is 23.5. The third-order valence-electron chi connectivity index (χ3n) is 6.67. The van der Waals surface area contributed by atoms with Gasteiger partial charge in [-0.2, -0.15) is 0 Å². The number of fused-ring (bicyclic) bond motifs is 1. The Morgan fingerprint density at radius 3 is 2.51 bits per heavy atom. The fourth-order valence-corrected chi connectivity index (χ4v) is 4.86. The number of nitrogens with zero attached hydrogens (tertiary/aromatic N) is 3. The van der Waals surface area contributed by atoms with E-state index in [0.29, 0.717) is 31.8 Å². The second-order valence-corrected chi connectivity index (χ2v) is 8.87. The number of benzene rings is 1. The Morgan fingerprint density at radius 2 is 1.83 bits per heavy atom. The number of hydrogen-bond donors (Lipinski definition) is 1. The number of carbonyl (C=O) groups excluding carboxylic acids is 1. The van der Waals surface area contributed by atoms with Crippen molar-refractivity contribution in [1.29, 1.82) is 0 Å². The minimum atomic E-state index is -5.01. The second-order valence-electron chi connectivity index (χ2n) is 8.87. The van der Waals surface area contributed by atoms with Gasteiger partial charge in [0.15, 0.2) is 17.2 Å². The molecule has 2 fully saturated rings. The number of ether oxygens (including phenoxy) is 2. The summed E-state index contributed by atoms with van der Waals surface area (Å²) < 4.78 is 60.2. The zero-order valence-corrected chi connectivity index (χ0v) is 18.8. The number of amides is 1. The Kier molecular flexibility index (Phi) is 6.35. The number of alkyl halides is 3. The van der Waals surface area contributed by atoms with Crippen molar-refractivity contribution in [2.24, 2.45) is 0 Å². The molecule has 0 atom stereocenters. The van der Waals surface area contributed by atoms with Crippen LogP contribution in [0.5, 0.6) is 5.75 Å². The summed E-state index contributed by atoms with van der Waals surface area (Å²) in [5.41, 5.74) is 2.66. The standard InChI is InChI=1S/C24H24F4N4O3/c25-18-13-16(1-2-19(18)35-24(26,27)28)23(33)32-9-4-14(5-10-32)17-3-8-29-22-20(17)30-21(31-22)15-6-11-34-12-7-15/h1-3,8,13-15H,4-7,9-12H2,(H,29,30,31). The van der Waals surface area contributed by atoms with Gasteiger partial charge in [0.25, 0.3) is 5.91 Å². The van der Waals surface area contributed by atoms with Crippen LogP contribution in [-0.4, -0.2) is 58.4 Å². The summed E-state index contributed by atoms with van der Waals surface area (Å²) >= 11 is 0. The van der Waals surface area contributed by atoms with E-state index in [-0.39, 0.29) is 11.5 Å². The molecule has 4 heterocycles. The minimum Gasteiger partial charge on any atom is -0.403 e. The van der Waals surface area contributed by atoms with E-state index < -0.39 is 23.8 Å². The van der Waals surface area contributed by atoms with Gasteiger partial charge in [0.1, 0.15) is 11.3 Å². The van der Waals surface area contributed by atoms with Crippen molar-refractivity contribution >= 4 is 17.1 Å². The molecule has 1 N–H and O–H groups in total. The van der Waals surface area contributed by atoms with Crippen LogP contribution in [0.4, 0.5) is 17.6 Å². The van der Waals surface area contributed by atoms with Crippen molar-refractivity contribution in [2.75, 3.05) is 26.3 Å². The third-order valence-corrected chi connectivity index (χ3v) is 6.67. The summed E-state index contributed by atoms with van der Waals surface area (Å²) in [5.74, 6) is -1.21. The molecule has 2 aromatic heterocycles. The summed E-state index contributed by atoms with van der Waals surface area (Å²) in [6, 6.07) is 4.72. The van der Waals surface area contributed by atoms with E-state index in [4.69, 9.17) is 9.72 Å². The normalized spacial score (nSPS) is 18.2. The maximum atomic E-state index is 14.1. The van der Waals surface area contributed by atoms with Crippen LogP contribution in [0.3, 0.4) is 0 Å². The van der Waals surface area contributed by atoms with Gasteiger partial charge in [0.05, 0.1) is 0 Å². The molecule has 2 saturated heterocycles. The molecule has 186 valence electrons. The lowest BCUT2D eigenvalue weighted by molar-refractivity contribution is -0.275. The molecular weight excluding hydrogens is 468 g/mol. The topological polar surface area (TPSA) is 80.3 Å². The van der Waals surface area contributed by atoms with Crippen LogP contribution < -0.4 is 4.74 Å². The molecule has 2 aliphatic rings. The van der Waals surface area contributed by atoms with E-state index in [1.54, 1.807) is 11.1 Å². The van der Waals surface area contributed by atoms with E-state index in [2.05, 4.69) is 14.7 Å². The van der Waals surface area contributed by atoms with Crippen molar-refractivity contribution < 1.29 is 31.8 Å². The fraction of sp³-hybridized carbons (Fsp3) is 0.458. The predicted octanol–water partition coefficient (Wildman–Crippen LogP) is 4.91. The van der Waals surface area contributed by atoms with Gasteiger partial charge in [-0.05, 0) is 61.4 Å². The van der Waals surface area contributed by atoms with Crippen molar-refractivity contribution in [3.05, 3.63) is 53.2 Å². The van der Waals surface area contributed by atoms with Crippen molar-refractivity contribution in [2.45, 2.75) is 43.9 Å². The number of nitrogens with one attached hydrogen (secondary N) is 1. The summed E-state index contributed by atoms with van der Waals surface area (Å²) in [4.78, 5) is 27.1. The zero-order valence-electron chi connectivity index (χ0n) is 18.8. The molecule has 0 bridgehead atoms. The van der Waals surface area contributed by atoms with E-state index in [1.807, 2.05) is 6.07 Å². The molecule has 0 aliphatic carbocycles. The van der Waals surface area contributed by atoms with Gasteiger partial charge in [-0.1, -0.05) is 0 Å². The van der Waals surface area contributed by atoms with Crippen molar-refractivity contribution in [1.82, 2.24) is 19.9 Å². The summed E-state index contributed by atoms with van der Waals surface area (Å²) in [6.07, 6.45) is -0.0513. The lowest BCUT2D eigenvalue weighted by Crippen LogP contribution is -2.38. The van der Waals surface area contributed by atoms with Gasteiger partial charge in [0, 0.05) is 44.0 Å². The molecule has 7 nitrogen and oxygen atoms in total. The van der Waals surface area contributed by atoms with Gasteiger partial charge in [-0.15, -0.1) is 13.2 Å². The van der Waals surface area contributed by atoms with Crippen molar-refractivity contribution in [3.63, 3.8) is 0 Å². The van der Waals surface area contributed by atoms with Crippen LogP contribution in [-0.2, 0) is 4.74 Å². The van der Waals surface area contributed by atoms with Gasteiger partial charge in [-0.3, -0.25) is 4.79 Å². The number of H-pyrrole nitrogens is 1. The molecule has 1 amide bonds. The third kappa shape index (κ3) is 5.09. The molecule has 0 spiro atoms. The molecule has 11 heteroatoms. The van der Waals surface area contributed by atoms with Gasteiger partial charge >= 0.3 is 6.36 Å². The average molecular weight is 492 g/mol. The van der Waals surface area contributed by atoms with Crippen molar-refractivity contribution in [3.8, 4) is 5.75 Å². The molecule has 1 aromatic carbocycles. The number of carbonyl (C=O) groups is 1. The van der Waals surface area contributed by atoms with Crippen LogP contribution >= 0.6 is 0 Å². The number of halogens is 4. The van der Waals surface area contributed by atoms with E-state index >= 15 is 0 Å². The largest absolute Gasteiger partial charge is 0.573 e. The Morgan fingerprint density at radius 1 is 1.09 bits per heavy atom. The fourth-order valence-electron chi connectivity index (χ4n) is 4.86. The van der Waals surface area contributed by atoms with Crippen LogP contribution in [0.2, 0.25) is 0 Å². The first-order chi connectivity index (χ1) is 16.8. The van der Waals surface area contributed by atoms with Gasteiger partial charge in [0.2, 0.25) is 0 Å². The first-order valence-electron chi connectivity index (χ1n) is 11.6. The molecule has 2 aliphatic heterocycles. The lowest BCUT2D eigenvalue weighted by atomic mass is 9.89. The van der Waals surface area contributed by atoms with Gasteiger partial charge < -0.3 is 19.4 Å². The molecular formula is C24H24F4N4O3. The first-order valence-corrected chi connectivity index (χ1v) is 11.6. The summed E-state index contributed by atoms with van der Waals surface area (Å²) in [5, 5.41) is 0. The maximum absolute atomic E-state index is 14.1. The van der Waals surface area contributed by atoms with E-state index in [9.17, 15) is 22.4 Å². The number of piperidine rings is 1. The lowest BCUT2D eigenvalue weighted by Gasteiger charge is -2.32.